The first-order valence-electron chi connectivity index (χ1n) is 11.5. The lowest BCUT2D eigenvalue weighted by Gasteiger charge is -2.26. The summed E-state index contributed by atoms with van der Waals surface area (Å²) >= 11 is 1.88. The lowest BCUT2D eigenvalue weighted by Crippen LogP contribution is -2.09. The SMILES string of the molecule is CC(C)c1ccc(N(c2ccccc2)c2ccc3sc4ccc5ccccc5c4c3c2)cc1. The number of para-hydroxylation sites is 1. The maximum atomic E-state index is 2.37. The van der Waals surface area contributed by atoms with Gasteiger partial charge in [0.25, 0.3) is 0 Å². The van der Waals surface area contributed by atoms with Crippen molar-refractivity contribution in [3.63, 3.8) is 0 Å². The average molecular weight is 444 g/mol. The Labute approximate surface area is 198 Å². The largest absolute Gasteiger partial charge is 0.310 e. The van der Waals surface area contributed by atoms with E-state index in [1.807, 2.05) is 11.3 Å². The highest BCUT2D eigenvalue weighted by atomic mass is 32.1. The van der Waals surface area contributed by atoms with E-state index in [4.69, 9.17) is 0 Å². The fourth-order valence-electron chi connectivity index (χ4n) is 4.71. The van der Waals surface area contributed by atoms with Crippen molar-refractivity contribution in [3.05, 3.63) is 115 Å². The van der Waals surface area contributed by atoms with E-state index in [9.17, 15) is 0 Å². The number of thiophene rings is 1. The molecule has 0 unspecified atom stereocenters. The molecule has 5 aromatic carbocycles. The zero-order valence-electron chi connectivity index (χ0n) is 18.8. The Kier molecular flexibility index (Phi) is 4.89. The molecular formula is C31H25NS. The van der Waals surface area contributed by atoms with E-state index in [0.29, 0.717) is 5.92 Å². The van der Waals surface area contributed by atoms with E-state index < -0.39 is 0 Å². The number of anilines is 3. The van der Waals surface area contributed by atoms with Gasteiger partial charge in [0, 0.05) is 37.2 Å². The second-order valence-electron chi connectivity index (χ2n) is 8.86. The molecule has 1 heterocycles. The molecule has 0 radical (unpaired) electrons. The van der Waals surface area contributed by atoms with Gasteiger partial charge in [-0.3, -0.25) is 0 Å². The van der Waals surface area contributed by atoms with Gasteiger partial charge in [-0.05, 0) is 70.8 Å². The predicted molar refractivity (Wildman–Crippen MR) is 146 cm³/mol. The minimum Gasteiger partial charge on any atom is -0.310 e. The molecule has 2 heteroatoms. The highest BCUT2D eigenvalue weighted by Crippen LogP contribution is 2.42. The number of rotatable bonds is 4. The van der Waals surface area contributed by atoms with Crippen LogP contribution in [-0.4, -0.2) is 0 Å². The number of benzene rings is 5. The van der Waals surface area contributed by atoms with Crippen molar-refractivity contribution in [2.45, 2.75) is 19.8 Å². The van der Waals surface area contributed by atoms with Crippen molar-refractivity contribution in [3.8, 4) is 0 Å². The molecule has 0 bridgehead atoms. The van der Waals surface area contributed by atoms with Crippen LogP contribution < -0.4 is 4.90 Å². The Hall–Kier alpha value is -3.62. The number of hydrogen-bond donors (Lipinski definition) is 0. The van der Waals surface area contributed by atoms with Crippen molar-refractivity contribution in [2.75, 3.05) is 4.90 Å². The lowest BCUT2D eigenvalue weighted by atomic mass is 10.0. The molecule has 1 aromatic heterocycles. The number of nitrogens with zero attached hydrogens (tertiary/aromatic N) is 1. The molecule has 6 rings (SSSR count). The van der Waals surface area contributed by atoms with Crippen LogP contribution in [0.2, 0.25) is 0 Å². The van der Waals surface area contributed by atoms with Gasteiger partial charge in [-0.1, -0.05) is 74.5 Å². The number of fused-ring (bicyclic) bond motifs is 5. The van der Waals surface area contributed by atoms with Crippen LogP contribution in [0.15, 0.2) is 109 Å². The fourth-order valence-corrected chi connectivity index (χ4v) is 5.81. The van der Waals surface area contributed by atoms with Gasteiger partial charge < -0.3 is 4.90 Å². The van der Waals surface area contributed by atoms with Gasteiger partial charge in [0.15, 0.2) is 0 Å². The third-order valence-electron chi connectivity index (χ3n) is 6.43. The van der Waals surface area contributed by atoms with E-state index in [1.54, 1.807) is 0 Å². The zero-order valence-corrected chi connectivity index (χ0v) is 19.6. The van der Waals surface area contributed by atoms with Gasteiger partial charge in [-0.15, -0.1) is 11.3 Å². The zero-order chi connectivity index (χ0) is 22.4. The maximum absolute atomic E-state index is 2.37. The Balaban J connectivity index is 1.59. The van der Waals surface area contributed by atoms with Crippen LogP contribution in [-0.2, 0) is 0 Å². The predicted octanol–water partition coefficient (Wildman–Crippen LogP) is 9.80. The van der Waals surface area contributed by atoms with Crippen LogP contribution in [0.4, 0.5) is 17.1 Å². The summed E-state index contributed by atoms with van der Waals surface area (Å²) in [5, 5.41) is 5.30. The standard InChI is InChI=1S/C31H25NS/c1-21(2)22-12-15-25(16-13-22)32(24-9-4-3-5-10-24)26-17-19-29-28(20-26)31-27-11-7-6-8-23(27)14-18-30(31)33-29/h3-21H,1-2H3. The van der Waals surface area contributed by atoms with E-state index in [2.05, 4.69) is 128 Å². The topological polar surface area (TPSA) is 3.24 Å². The molecule has 33 heavy (non-hydrogen) atoms. The minimum absolute atomic E-state index is 0.519. The summed E-state index contributed by atoms with van der Waals surface area (Å²) in [6.07, 6.45) is 0. The minimum atomic E-state index is 0.519. The molecule has 0 spiro atoms. The summed E-state index contributed by atoms with van der Waals surface area (Å²) in [5.74, 6) is 0.519. The summed E-state index contributed by atoms with van der Waals surface area (Å²) in [7, 11) is 0. The first-order valence-corrected chi connectivity index (χ1v) is 12.3. The van der Waals surface area contributed by atoms with Gasteiger partial charge in [0.1, 0.15) is 0 Å². The smallest absolute Gasteiger partial charge is 0.0468 e. The van der Waals surface area contributed by atoms with E-state index in [0.717, 1.165) is 0 Å². The van der Waals surface area contributed by atoms with Crippen molar-refractivity contribution >= 4 is 59.3 Å². The molecule has 160 valence electrons. The van der Waals surface area contributed by atoms with Crippen LogP contribution in [0, 0.1) is 0 Å². The third kappa shape index (κ3) is 3.48. The van der Waals surface area contributed by atoms with Gasteiger partial charge in [-0.25, -0.2) is 0 Å². The maximum Gasteiger partial charge on any atom is 0.0468 e. The monoisotopic (exact) mass is 443 g/mol. The molecule has 0 saturated carbocycles. The fraction of sp³-hybridized carbons (Fsp3) is 0.0968. The van der Waals surface area contributed by atoms with E-state index in [1.165, 1.54) is 53.6 Å². The Morgan fingerprint density at radius 3 is 2.03 bits per heavy atom. The normalized spacial score (nSPS) is 11.6. The summed E-state index contributed by atoms with van der Waals surface area (Å²) in [4.78, 5) is 2.36. The van der Waals surface area contributed by atoms with Crippen LogP contribution in [0.5, 0.6) is 0 Å². The molecule has 6 aromatic rings. The second-order valence-corrected chi connectivity index (χ2v) is 9.94. The lowest BCUT2D eigenvalue weighted by molar-refractivity contribution is 0.866. The van der Waals surface area contributed by atoms with Crippen molar-refractivity contribution in [1.82, 2.24) is 0 Å². The van der Waals surface area contributed by atoms with Gasteiger partial charge in [0.2, 0.25) is 0 Å². The molecule has 0 saturated heterocycles. The van der Waals surface area contributed by atoms with Gasteiger partial charge >= 0.3 is 0 Å². The molecule has 0 amide bonds. The third-order valence-corrected chi connectivity index (χ3v) is 7.57. The van der Waals surface area contributed by atoms with Crippen molar-refractivity contribution in [1.29, 1.82) is 0 Å². The Morgan fingerprint density at radius 1 is 0.576 bits per heavy atom. The van der Waals surface area contributed by atoms with Crippen LogP contribution in [0.25, 0.3) is 30.9 Å². The van der Waals surface area contributed by atoms with Crippen LogP contribution in [0.3, 0.4) is 0 Å². The first-order chi connectivity index (χ1) is 16.2. The molecule has 1 nitrogen and oxygen atoms in total. The van der Waals surface area contributed by atoms with E-state index in [-0.39, 0.29) is 0 Å². The molecule has 0 atom stereocenters. The summed E-state index contributed by atoms with van der Waals surface area (Å²) in [6.45, 7) is 4.48. The average Bonchev–Trinajstić information content (AvgIpc) is 3.24. The van der Waals surface area contributed by atoms with Crippen molar-refractivity contribution in [2.24, 2.45) is 0 Å². The first kappa shape index (κ1) is 20.0. The molecule has 0 aliphatic rings. The van der Waals surface area contributed by atoms with Crippen LogP contribution in [0.1, 0.15) is 25.3 Å². The molecule has 0 aliphatic carbocycles. The van der Waals surface area contributed by atoms with Crippen LogP contribution >= 0.6 is 11.3 Å². The molecular weight excluding hydrogens is 418 g/mol. The Bertz CT molecular complexity index is 1580. The molecule has 0 fully saturated rings. The van der Waals surface area contributed by atoms with Gasteiger partial charge in [0.05, 0.1) is 0 Å². The highest BCUT2D eigenvalue weighted by molar-refractivity contribution is 7.26. The quantitative estimate of drug-likeness (QED) is 0.262. The highest BCUT2D eigenvalue weighted by Gasteiger charge is 2.15. The number of hydrogen-bond acceptors (Lipinski definition) is 2. The summed E-state index contributed by atoms with van der Waals surface area (Å²) in [6, 6.07) is 39.8. The second kappa shape index (κ2) is 8.06. The Morgan fingerprint density at radius 2 is 1.24 bits per heavy atom. The van der Waals surface area contributed by atoms with E-state index >= 15 is 0 Å². The molecule has 0 aliphatic heterocycles. The molecule has 0 N–H and O–H groups in total. The summed E-state index contributed by atoms with van der Waals surface area (Å²) in [5.41, 5.74) is 4.88. The van der Waals surface area contributed by atoms with Crippen molar-refractivity contribution < 1.29 is 0 Å². The summed E-state index contributed by atoms with van der Waals surface area (Å²) < 4.78 is 2.67. The van der Waals surface area contributed by atoms with Gasteiger partial charge in [-0.2, -0.15) is 0 Å².